The van der Waals surface area contributed by atoms with Gasteiger partial charge in [0, 0.05) is 49.0 Å². The number of piperidine rings is 2. The van der Waals surface area contributed by atoms with Crippen LogP contribution >= 0.6 is 0 Å². The van der Waals surface area contributed by atoms with E-state index in [-0.39, 0.29) is 5.91 Å². The summed E-state index contributed by atoms with van der Waals surface area (Å²) >= 11 is 0. The molecule has 1 amide bonds. The molecule has 2 bridgehead atoms. The Morgan fingerprint density at radius 2 is 1.86 bits per heavy atom. The smallest absolute Gasteiger partial charge is 0.258 e. The topological polar surface area (TPSA) is 97.2 Å². The van der Waals surface area contributed by atoms with E-state index in [1.165, 1.54) is 31.4 Å². The summed E-state index contributed by atoms with van der Waals surface area (Å²) in [6.07, 6.45) is 10.5. The van der Waals surface area contributed by atoms with Crippen molar-refractivity contribution in [2.45, 2.75) is 58.9 Å². The molecule has 4 aromatic rings. The predicted octanol–water partition coefficient (Wildman–Crippen LogP) is 5.83. The van der Waals surface area contributed by atoms with E-state index in [1.54, 1.807) is 12.4 Å². The molecule has 0 aliphatic carbocycles. The molecule has 3 aliphatic rings. The van der Waals surface area contributed by atoms with Gasteiger partial charge in [0.2, 0.25) is 5.95 Å². The second kappa shape index (κ2) is 11.6. The highest BCUT2D eigenvalue weighted by Crippen LogP contribution is 2.41. The number of ether oxygens (including phenoxy) is 1. The molecule has 1 spiro atoms. The van der Waals surface area contributed by atoms with Gasteiger partial charge in [0.25, 0.3) is 5.91 Å². The average molecular weight is 580 g/mol. The van der Waals surface area contributed by atoms with Crippen LogP contribution in [0, 0.1) is 18.3 Å². The number of aromatic nitrogens is 4. The maximum Gasteiger partial charge on any atom is 0.258 e. The van der Waals surface area contributed by atoms with Crippen molar-refractivity contribution in [1.82, 2.24) is 24.8 Å². The Morgan fingerprint density at radius 3 is 2.70 bits per heavy atom. The Hall–Kier alpha value is -3.98. The molecule has 0 radical (unpaired) electrons. The third-order valence-corrected chi connectivity index (χ3v) is 9.68. The van der Waals surface area contributed by atoms with Crippen LogP contribution in [-0.4, -0.2) is 58.2 Å². The molecule has 7 rings (SSSR count). The normalized spacial score (nSPS) is 20.8. The molecule has 9 heteroatoms. The maximum atomic E-state index is 13.7. The van der Waals surface area contributed by atoms with E-state index < -0.39 is 0 Å². The molecule has 0 saturated carbocycles. The van der Waals surface area contributed by atoms with Crippen LogP contribution in [0.1, 0.15) is 61.5 Å². The zero-order valence-electron chi connectivity index (χ0n) is 25.2. The van der Waals surface area contributed by atoms with Crippen molar-refractivity contribution >= 4 is 28.6 Å². The molecular formula is C34H41N7O2. The Morgan fingerprint density at radius 1 is 1.02 bits per heavy atom. The lowest BCUT2D eigenvalue weighted by molar-refractivity contribution is 0.102. The monoisotopic (exact) mass is 579 g/mol. The van der Waals surface area contributed by atoms with Crippen molar-refractivity contribution in [2.24, 2.45) is 11.3 Å². The number of carbonyl (C=O) groups is 1. The average Bonchev–Trinajstić information content (AvgIpc) is 3.35. The van der Waals surface area contributed by atoms with Gasteiger partial charge in [-0.2, -0.15) is 0 Å². The molecule has 9 nitrogen and oxygen atoms in total. The standard InChI is InChI=1S/C34H41N7O2/c1-23-4-3-17-43-31-7-12-36-21-27(31)29-19-25(18-24(2)37-29)32(42)39-33-38-28-6-5-26(20-30(28)41(33)22-23)40-15-10-34(11-16-40)8-13-35-14-9-34/h5-7,12,18-21,23,35H,3-4,8-11,13-17,22H2,1-2H3,(H,38,39,42)/t23-/m1/s1. The minimum atomic E-state index is -0.208. The zero-order valence-corrected chi connectivity index (χ0v) is 25.2. The molecule has 1 atom stereocenters. The van der Waals surface area contributed by atoms with E-state index in [0.717, 1.165) is 73.6 Å². The third-order valence-electron chi connectivity index (χ3n) is 9.68. The van der Waals surface area contributed by atoms with Crippen molar-refractivity contribution in [3.63, 3.8) is 0 Å². The second-order valence-electron chi connectivity index (χ2n) is 12.8. The lowest BCUT2D eigenvalue weighted by Gasteiger charge is -2.45. The number of hydrogen-bond acceptors (Lipinski definition) is 7. The van der Waals surface area contributed by atoms with Gasteiger partial charge in [-0.1, -0.05) is 6.92 Å². The number of benzene rings is 1. The van der Waals surface area contributed by atoms with Crippen LogP contribution in [0.25, 0.3) is 22.3 Å². The van der Waals surface area contributed by atoms with Gasteiger partial charge in [-0.25, -0.2) is 4.98 Å². The van der Waals surface area contributed by atoms with Gasteiger partial charge in [-0.15, -0.1) is 0 Å². The molecular weight excluding hydrogens is 538 g/mol. The minimum Gasteiger partial charge on any atom is -0.493 e. The molecule has 3 aliphatic heterocycles. The SMILES string of the molecule is Cc1cc2cc(n1)-c1cnccc1OCCC[C@@H](C)Cn1c(nc3ccc(N4CCC5(CCNCC5)CC4)cc31)NC2=O. The summed E-state index contributed by atoms with van der Waals surface area (Å²) in [4.78, 5) is 30.2. The van der Waals surface area contributed by atoms with E-state index in [9.17, 15) is 4.79 Å². The van der Waals surface area contributed by atoms with Crippen LogP contribution in [0.5, 0.6) is 5.75 Å². The van der Waals surface area contributed by atoms with Crippen molar-refractivity contribution < 1.29 is 9.53 Å². The van der Waals surface area contributed by atoms with Crippen molar-refractivity contribution in [1.29, 1.82) is 0 Å². The first-order chi connectivity index (χ1) is 21.0. The van der Waals surface area contributed by atoms with Crippen LogP contribution in [0.15, 0.2) is 48.8 Å². The highest BCUT2D eigenvalue weighted by atomic mass is 16.5. The molecule has 2 fully saturated rings. The summed E-state index contributed by atoms with van der Waals surface area (Å²) in [5.74, 6) is 1.47. The van der Waals surface area contributed by atoms with Crippen LogP contribution in [0.4, 0.5) is 11.6 Å². The van der Waals surface area contributed by atoms with E-state index in [2.05, 4.69) is 50.2 Å². The third kappa shape index (κ3) is 5.70. The van der Waals surface area contributed by atoms with Crippen LogP contribution in [0.2, 0.25) is 0 Å². The first-order valence-corrected chi connectivity index (χ1v) is 15.8. The number of nitrogens with zero attached hydrogens (tertiary/aromatic N) is 5. The fourth-order valence-electron chi connectivity index (χ4n) is 7.11. The summed E-state index contributed by atoms with van der Waals surface area (Å²) in [6, 6.07) is 12.1. The first kappa shape index (κ1) is 27.8. The maximum absolute atomic E-state index is 13.7. The van der Waals surface area contributed by atoms with Crippen LogP contribution < -0.4 is 20.3 Å². The molecule has 0 unspecified atom stereocenters. The Bertz CT molecular complexity index is 1630. The van der Waals surface area contributed by atoms with Gasteiger partial charge < -0.3 is 19.5 Å². The highest BCUT2D eigenvalue weighted by molar-refractivity contribution is 6.05. The van der Waals surface area contributed by atoms with Gasteiger partial charge in [0.1, 0.15) is 5.75 Å². The predicted molar refractivity (Wildman–Crippen MR) is 170 cm³/mol. The summed E-state index contributed by atoms with van der Waals surface area (Å²) in [7, 11) is 0. The number of rotatable bonds is 1. The minimum absolute atomic E-state index is 0.208. The molecule has 3 aromatic heterocycles. The van der Waals surface area contributed by atoms with E-state index in [0.29, 0.717) is 35.1 Å². The fourth-order valence-corrected chi connectivity index (χ4v) is 7.11. The van der Waals surface area contributed by atoms with Crippen LogP contribution in [-0.2, 0) is 6.54 Å². The van der Waals surface area contributed by atoms with E-state index in [4.69, 9.17) is 14.7 Å². The Kier molecular flexibility index (Phi) is 7.51. The lowest BCUT2D eigenvalue weighted by atomic mass is 9.71. The van der Waals surface area contributed by atoms with Crippen molar-refractivity contribution in [2.75, 3.05) is 43.0 Å². The number of fused-ring (bicyclic) bond motifs is 7. The highest BCUT2D eigenvalue weighted by Gasteiger charge is 2.35. The van der Waals surface area contributed by atoms with E-state index in [1.807, 2.05) is 25.1 Å². The lowest BCUT2D eigenvalue weighted by Crippen LogP contribution is -2.45. The summed E-state index contributed by atoms with van der Waals surface area (Å²) in [5.41, 5.74) is 6.44. The summed E-state index contributed by atoms with van der Waals surface area (Å²) < 4.78 is 8.42. The van der Waals surface area contributed by atoms with Gasteiger partial charge in [-0.05, 0) is 106 Å². The first-order valence-electron chi connectivity index (χ1n) is 15.8. The number of hydrogen-bond donors (Lipinski definition) is 2. The van der Waals surface area contributed by atoms with Gasteiger partial charge in [-0.3, -0.25) is 20.1 Å². The molecule has 43 heavy (non-hydrogen) atoms. The quantitative estimate of drug-likeness (QED) is 0.293. The largest absolute Gasteiger partial charge is 0.493 e. The van der Waals surface area contributed by atoms with Crippen molar-refractivity contribution in [3.05, 3.63) is 60.0 Å². The number of nitrogens with one attached hydrogen (secondary N) is 2. The summed E-state index contributed by atoms with van der Waals surface area (Å²) in [5, 5.41) is 6.69. The van der Waals surface area contributed by atoms with Gasteiger partial charge in [0.15, 0.2) is 0 Å². The molecule has 6 heterocycles. The zero-order chi connectivity index (χ0) is 29.4. The number of aryl methyl sites for hydroxylation is 1. The number of amides is 1. The fraction of sp³-hybridized carbons (Fsp3) is 0.471. The second-order valence-corrected chi connectivity index (χ2v) is 12.8. The Balaban J connectivity index is 1.22. The van der Waals surface area contributed by atoms with Crippen molar-refractivity contribution in [3.8, 4) is 17.0 Å². The Labute approximate surface area is 253 Å². The van der Waals surface area contributed by atoms with Crippen LogP contribution in [0.3, 0.4) is 0 Å². The molecule has 2 N–H and O–H groups in total. The number of pyridine rings is 2. The molecule has 1 aromatic carbocycles. The number of anilines is 2. The number of carbonyl (C=O) groups excluding carboxylic acids is 1. The van der Waals surface area contributed by atoms with E-state index >= 15 is 0 Å². The van der Waals surface area contributed by atoms with Gasteiger partial charge >= 0.3 is 0 Å². The van der Waals surface area contributed by atoms with Gasteiger partial charge in [0.05, 0.1) is 28.9 Å². The molecule has 224 valence electrons. The summed E-state index contributed by atoms with van der Waals surface area (Å²) in [6.45, 7) is 9.98. The number of imidazole rings is 1. The molecule has 2 saturated heterocycles.